The SMILES string of the molecule is O=C(CCOCCOCCOCCOCCCNCCOCCOCCNC(=O)C(F)(F)F)NCCOCCOCCNC(=O)C(F)(F)F. The maximum absolute atomic E-state index is 12.0. The normalized spacial score (nSPS) is 11.9. The molecule has 0 aliphatic rings. The third kappa shape index (κ3) is 33.9. The highest BCUT2D eigenvalue weighted by Gasteiger charge is 2.38. The second kappa shape index (κ2) is 31.6. The molecule has 3 amide bonds. The summed E-state index contributed by atoms with van der Waals surface area (Å²) in [5.41, 5.74) is 0. The number of amides is 3. The fraction of sp³-hybridized carbons (Fsp3) is 0.893. The van der Waals surface area contributed by atoms with E-state index in [4.69, 9.17) is 37.9 Å². The average molecular weight is 733 g/mol. The van der Waals surface area contributed by atoms with Crippen LogP contribution in [0.15, 0.2) is 0 Å². The minimum atomic E-state index is -4.92. The first-order valence-corrected chi connectivity index (χ1v) is 15.7. The minimum absolute atomic E-state index is 0.0369. The maximum Gasteiger partial charge on any atom is 0.471 e. The number of carbonyl (C=O) groups excluding carboxylic acids is 3. The molecule has 0 heterocycles. The molecule has 0 bridgehead atoms. The van der Waals surface area contributed by atoms with Crippen LogP contribution in [0.3, 0.4) is 0 Å². The number of nitrogens with one attached hydrogen (secondary N) is 4. The predicted octanol–water partition coefficient (Wildman–Crippen LogP) is -0.0378. The van der Waals surface area contributed by atoms with Gasteiger partial charge < -0.3 is 59.2 Å². The molecule has 0 aromatic heterocycles. The molecule has 15 nitrogen and oxygen atoms in total. The fourth-order valence-electron chi connectivity index (χ4n) is 3.16. The van der Waals surface area contributed by atoms with E-state index in [1.165, 1.54) is 0 Å². The van der Waals surface area contributed by atoms with Crippen molar-refractivity contribution in [1.82, 2.24) is 21.3 Å². The monoisotopic (exact) mass is 732 g/mol. The van der Waals surface area contributed by atoms with E-state index in [0.717, 1.165) is 13.0 Å². The second-order valence-corrected chi connectivity index (χ2v) is 9.61. The molecule has 0 saturated heterocycles. The van der Waals surface area contributed by atoms with Crippen molar-refractivity contribution in [1.29, 1.82) is 0 Å². The van der Waals surface area contributed by atoms with Gasteiger partial charge in [-0.1, -0.05) is 0 Å². The van der Waals surface area contributed by atoms with Crippen molar-refractivity contribution in [3.05, 3.63) is 0 Å². The van der Waals surface area contributed by atoms with Gasteiger partial charge in [0.2, 0.25) is 5.91 Å². The molecule has 0 rings (SSSR count). The van der Waals surface area contributed by atoms with Crippen molar-refractivity contribution in [3.8, 4) is 0 Å². The molecule has 0 radical (unpaired) electrons. The molecule has 0 saturated carbocycles. The summed E-state index contributed by atoms with van der Waals surface area (Å²) in [4.78, 5) is 32.9. The van der Waals surface area contributed by atoms with Gasteiger partial charge in [0.1, 0.15) is 0 Å². The molecule has 0 aliphatic heterocycles. The first-order chi connectivity index (χ1) is 23.4. The summed E-state index contributed by atoms with van der Waals surface area (Å²) in [6, 6.07) is 0. The molecule has 0 aliphatic carbocycles. The number of ether oxygens (including phenoxy) is 8. The van der Waals surface area contributed by atoms with Crippen molar-refractivity contribution in [3.63, 3.8) is 0 Å². The molecule has 0 fully saturated rings. The molecule has 0 aromatic carbocycles. The van der Waals surface area contributed by atoms with E-state index in [2.05, 4.69) is 10.6 Å². The van der Waals surface area contributed by atoms with Crippen molar-refractivity contribution >= 4 is 17.7 Å². The van der Waals surface area contributed by atoms with Gasteiger partial charge in [-0.25, -0.2) is 0 Å². The zero-order valence-corrected chi connectivity index (χ0v) is 27.5. The zero-order valence-electron chi connectivity index (χ0n) is 27.5. The summed E-state index contributed by atoms with van der Waals surface area (Å²) in [6.07, 6.45) is -8.84. The van der Waals surface area contributed by atoms with Crippen LogP contribution in [0.1, 0.15) is 12.8 Å². The lowest BCUT2D eigenvalue weighted by atomic mass is 10.4. The number of rotatable bonds is 34. The molecule has 4 N–H and O–H groups in total. The van der Waals surface area contributed by atoms with E-state index in [-0.39, 0.29) is 84.8 Å². The highest BCUT2D eigenvalue weighted by molar-refractivity contribution is 5.82. The number of halogens is 6. The van der Waals surface area contributed by atoms with E-state index in [1.807, 2.05) is 0 Å². The predicted molar refractivity (Wildman–Crippen MR) is 160 cm³/mol. The smallest absolute Gasteiger partial charge is 0.379 e. The summed E-state index contributed by atoms with van der Waals surface area (Å²) >= 11 is 0. The largest absolute Gasteiger partial charge is 0.471 e. The van der Waals surface area contributed by atoms with Crippen molar-refractivity contribution < 1.29 is 78.6 Å². The molecular weight excluding hydrogens is 682 g/mol. The van der Waals surface area contributed by atoms with Gasteiger partial charge in [0, 0.05) is 39.2 Å². The Morgan fingerprint density at radius 3 is 1.12 bits per heavy atom. The summed E-state index contributed by atoms with van der Waals surface area (Å²) < 4.78 is 114. The van der Waals surface area contributed by atoms with Crippen LogP contribution in [0.5, 0.6) is 0 Å². The quantitative estimate of drug-likeness (QED) is 0.0515. The third-order valence-corrected chi connectivity index (χ3v) is 5.55. The summed E-state index contributed by atoms with van der Waals surface area (Å²) in [6.45, 7) is 5.66. The average Bonchev–Trinajstić information content (AvgIpc) is 3.04. The van der Waals surface area contributed by atoms with Crippen LogP contribution in [0.4, 0.5) is 26.3 Å². The Balaban J connectivity index is 3.22. The van der Waals surface area contributed by atoms with Crippen LogP contribution in [0, 0.1) is 0 Å². The highest BCUT2D eigenvalue weighted by Crippen LogP contribution is 2.14. The summed E-state index contributed by atoms with van der Waals surface area (Å²) in [5.74, 6) is -4.22. The molecule has 21 heteroatoms. The van der Waals surface area contributed by atoms with Crippen LogP contribution in [-0.4, -0.2) is 169 Å². The number of carbonyl (C=O) groups is 3. The van der Waals surface area contributed by atoms with Gasteiger partial charge in [-0.2, -0.15) is 26.3 Å². The van der Waals surface area contributed by atoms with Crippen LogP contribution in [0.25, 0.3) is 0 Å². The summed E-state index contributed by atoms with van der Waals surface area (Å²) in [5, 5.41) is 9.23. The standard InChI is InChI=1S/C28H50F6N4O11/c29-27(30,31)25(40)37-6-12-46-17-16-44-10-4-35-3-1-8-42-14-20-48-22-23-49-21-15-43-9-2-24(39)36-5-11-45-18-19-47-13-7-38-26(41)28(32,33)34/h35H,1-23H2,(H,36,39)(H,37,40)(H,38,41). The Morgan fingerprint density at radius 1 is 0.388 bits per heavy atom. The number of hydrogen-bond acceptors (Lipinski definition) is 12. The lowest BCUT2D eigenvalue weighted by molar-refractivity contribution is -0.173. The zero-order chi connectivity index (χ0) is 36.5. The number of hydrogen-bond donors (Lipinski definition) is 4. The van der Waals surface area contributed by atoms with E-state index < -0.39 is 24.2 Å². The molecule has 0 spiro atoms. The number of alkyl halides is 6. The molecule has 0 atom stereocenters. The molecule has 0 unspecified atom stereocenters. The van der Waals surface area contributed by atoms with E-state index in [0.29, 0.717) is 59.4 Å². The third-order valence-electron chi connectivity index (χ3n) is 5.55. The Bertz CT molecular complexity index is 831. The van der Waals surface area contributed by atoms with Gasteiger partial charge in [-0.05, 0) is 13.0 Å². The molecule has 49 heavy (non-hydrogen) atoms. The van der Waals surface area contributed by atoms with Gasteiger partial charge in [0.15, 0.2) is 0 Å². The lowest BCUT2D eigenvalue weighted by Crippen LogP contribution is -2.38. The Hall–Kier alpha value is -2.37. The topological polar surface area (TPSA) is 173 Å². The maximum atomic E-state index is 12.0. The minimum Gasteiger partial charge on any atom is -0.379 e. The first-order valence-electron chi connectivity index (χ1n) is 15.7. The fourth-order valence-corrected chi connectivity index (χ4v) is 3.16. The van der Waals surface area contributed by atoms with Crippen LogP contribution >= 0.6 is 0 Å². The van der Waals surface area contributed by atoms with Gasteiger partial charge >= 0.3 is 24.2 Å². The Morgan fingerprint density at radius 2 is 0.714 bits per heavy atom. The molecule has 290 valence electrons. The van der Waals surface area contributed by atoms with Crippen molar-refractivity contribution in [2.75, 3.05) is 138 Å². The van der Waals surface area contributed by atoms with E-state index in [1.54, 1.807) is 10.6 Å². The second-order valence-electron chi connectivity index (χ2n) is 9.61. The van der Waals surface area contributed by atoms with E-state index >= 15 is 0 Å². The highest BCUT2D eigenvalue weighted by atomic mass is 19.4. The van der Waals surface area contributed by atoms with Crippen molar-refractivity contribution in [2.24, 2.45) is 0 Å². The lowest BCUT2D eigenvalue weighted by Gasteiger charge is -2.09. The van der Waals surface area contributed by atoms with Crippen LogP contribution < -0.4 is 21.3 Å². The first kappa shape index (κ1) is 46.6. The molecular formula is C28H50F6N4O11. The van der Waals surface area contributed by atoms with Gasteiger partial charge in [0.25, 0.3) is 0 Å². The van der Waals surface area contributed by atoms with E-state index in [9.17, 15) is 40.7 Å². The van der Waals surface area contributed by atoms with Crippen molar-refractivity contribution in [2.45, 2.75) is 25.2 Å². The summed E-state index contributed by atoms with van der Waals surface area (Å²) in [7, 11) is 0. The van der Waals surface area contributed by atoms with Gasteiger partial charge in [-0.3, -0.25) is 14.4 Å². The molecule has 0 aromatic rings. The Kier molecular flexibility index (Phi) is 30.1. The van der Waals surface area contributed by atoms with Gasteiger partial charge in [0.05, 0.1) is 99.1 Å². The van der Waals surface area contributed by atoms with Crippen LogP contribution in [0.2, 0.25) is 0 Å². The van der Waals surface area contributed by atoms with Gasteiger partial charge in [-0.15, -0.1) is 0 Å². The Labute approximate surface area is 281 Å². The van der Waals surface area contributed by atoms with Crippen LogP contribution in [-0.2, 0) is 52.3 Å².